The molecule has 1 heterocycles. The molecule has 1 aliphatic rings. The molecule has 0 aromatic rings. The first-order chi connectivity index (χ1) is 8.61. The summed E-state index contributed by atoms with van der Waals surface area (Å²) in [5, 5.41) is 3.35. The van der Waals surface area contributed by atoms with Crippen LogP contribution >= 0.6 is 0 Å². The lowest BCUT2D eigenvalue weighted by Gasteiger charge is -2.41. The van der Waals surface area contributed by atoms with Gasteiger partial charge >= 0.3 is 0 Å². The molecule has 4 heteroatoms. The van der Waals surface area contributed by atoms with E-state index in [1.54, 1.807) is 4.90 Å². The molecule has 1 fully saturated rings. The second-order valence-electron chi connectivity index (χ2n) is 5.39. The van der Waals surface area contributed by atoms with Crippen molar-refractivity contribution in [3.8, 4) is 0 Å². The van der Waals surface area contributed by atoms with Crippen molar-refractivity contribution in [2.24, 2.45) is 0 Å². The van der Waals surface area contributed by atoms with Gasteiger partial charge in [-0.1, -0.05) is 26.7 Å². The number of hydrogen-bond acceptors (Lipinski definition) is 3. The van der Waals surface area contributed by atoms with E-state index >= 15 is 0 Å². The van der Waals surface area contributed by atoms with Crippen LogP contribution in [0.5, 0.6) is 0 Å². The first kappa shape index (κ1) is 15.4. The van der Waals surface area contributed by atoms with Crippen LogP contribution < -0.4 is 5.32 Å². The predicted molar refractivity (Wildman–Crippen MR) is 75.7 cm³/mol. The van der Waals surface area contributed by atoms with Gasteiger partial charge in [-0.3, -0.25) is 9.69 Å². The Morgan fingerprint density at radius 3 is 2.72 bits per heavy atom. The molecule has 1 N–H and O–H groups in total. The number of likely N-dealkylation sites (N-methyl/N-ethyl adjacent to an activating group) is 1. The highest BCUT2D eigenvalue weighted by atomic mass is 16.2. The highest BCUT2D eigenvalue weighted by Gasteiger charge is 2.33. The van der Waals surface area contributed by atoms with Gasteiger partial charge in [0.05, 0.1) is 0 Å². The van der Waals surface area contributed by atoms with Crippen LogP contribution in [0.2, 0.25) is 0 Å². The maximum atomic E-state index is 12.2. The molecule has 0 aliphatic carbocycles. The molecule has 106 valence electrons. The Hall–Kier alpha value is -0.610. The second-order valence-corrected chi connectivity index (χ2v) is 5.39. The number of nitrogens with zero attached hydrogens (tertiary/aromatic N) is 2. The largest absolute Gasteiger partial charge is 0.347 e. The Kier molecular flexibility index (Phi) is 6.65. The van der Waals surface area contributed by atoms with Crippen molar-refractivity contribution in [1.29, 1.82) is 0 Å². The molecule has 0 radical (unpaired) electrons. The fourth-order valence-electron chi connectivity index (χ4n) is 2.73. The Morgan fingerprint density at radius 1 is 1.44 bits per heavy atom. The first-order valence-corrected chi connectivity index (χ1v) is 7.29. The lowest BCUT2D eigenvalue weighted by molar-refractivity contribution is -0.136. The Labute approximate surface area is 112 Å². The van der Waals surface area contributed by atoms with Gasteiger partial charge in [0.15, 0.2) is 0 Å². The number of amides is 1. The zero-order chi connectivity index (χ0) is 13.5. The van der Waals surface area contributed by atoms with E-state index in [9.17, 15) is 4.79 Å². The van der Waals surface area contributed by atoms with Crippen molar-refractivity contribution in [2.45, 2.75) is 51.6 Å². The third-order valence-corrected chi connectivity index (χ3v) is 3.84. The van der Waals surface area contributed by atoms with Crippen molar-refractivity contribution < 1.29 is 4.79 Å². The van der Waals surface area contributed by atoms with E-state index in [4.69, 9.17) is 0 Å². The summed E-state index contributed by atoms with van der Waals surface area (Å²) in [6.07, 6.45) is 4.83. The van der Waals surface area contributed by atoms with E-state index in [2.05, 4.69) is 24.1 Å². The molecular weight excluding hydrogens is 226 g/mol. The van der Waals surface area contributed by atoms with Gasteiger partial charge in [0.1, 0.15) is 6.04 Å². The molecule has 18 heavy (non-hydrogen) atoms. The molecule has 4 nitrogen and oxygen atoms in total. The molecular formula is C14H29N3O. The van der Waals surface area contributed by atoms with Crippen LogP contribution in [-0.4, -0.2) is 61.5 Å². The summed E-state index contributed by atoms with van der Waals surface area (Å²) in [6.45, 7) is 7.25. The molecule has 0 bridgehead atoms. The topological polar surface area (TPSA) is 35.6 Å². The first-order valence-electron chi connectivity index (χ1n) is 7.29. The van der Waals surface area contributed by atoms with E-state index < -0.39 is 0 Å². The number of piperazine rings is 1. The quantitative estimate of drug-likeness (QED) is 0.777. The van der Waals surface area contributed by atoms with Crippen molar-refractivity contribution >= 4 is 5.91 Å². The van der Waals surface area contributed by atoms with E-state index in [1.807, 2.05) is 14.1 Å². The highest BCUT2D eigenvalue weighted by molar-refractivity contribution is 5.81. The zero-order valence-electron chi connectivity index (χ0n) is 12.4. The van der Waals surface area contributed by atoms with Crippen molar-refractivity contribution in [3.63, 3.8) is 0 Å². The summed E-state index contributed by atoms with van der Waals surface area (Å²) in [4.78, 5) is 16.4. The van der Waals surface area contributed by atoms with Gasteiger partial charge in [-0.05, 0) is 12.8 Å². The molecule has 2 atom stereocenters. The van der Waals surface area contributed by atoms with E-state index in [0.717, 1.165) is 26.1 Å². The minimum atomic E-state index is 0.0237. The molecule has 1 aliphatic heterocycles. The second kappa shape index (κ2) is 7.74. The molecule has 2 unspecified atom stereocenters. The molecule has 0 aromatic heterocycles. The SMILES string of the molecule is CCCCC(CC)N1CCNCC1C(=O)N(C)C. The van der Waals surface area contributed by atoms with Crippen LogP contribution in [0.25, 0.3) is 0 Å². The monoisotopic (exact) mass is 255 g/mol. The van der Waals surface area contributed by atoms with Crippen LogP contribution in [0.1, 0.15) is 39.5 Å². The average Bonchev–Trinajstić information content (AvgIpc) is 2.39. The van der Waals surface area contributed by atoms with Crippen molar-refractivity contribution in [2.75, 3.05) is 33.7 Å². The fraction of sp³-hybridized carbons (Fsp3) is 0.929. The Balaban J connectivity index is 2.70. The maximum Gasteiger partial charge on any atom is 0.240 e. The third-order valence-electron chi connectivity index (χ3n) is 3.84. The van der Waals surface area contributed by atoms with E-state index in [0.29, 0.717) is 6.04 Å². The normalized spacial score (nSPS) is 22.8. The van der Waals surface area contributed by atoms with E-state index in [-0.39, 0.29) is 11.9 Å². The minimum absolute atomic E-state index is 0.0237. The van der Waals surface area contributed by atoms with Crippen LogP contribution in [0, 0.1) is 0 Å². The summed E-state index contributed by atoms with van der Waals surface area (Å²) in [5.41, 5.74) is 0. The number of nitrogens with one attached hydrogen (secondary N) is 1. The number of rotatable bonds is 6. The maximum absolute atomic E-state index is 12.2. The summed E-state index contributed by atoms with van der Waals surface area (Å²) >= 11 is 0. The van der Waals surface area contributed by atoms with Gasteiger partial charge in [0.25, 0.3) is 0 Å². The Morgan fingerprint density at radius 2 is 2.17 bits per heavy atom. The zero-order valence-corrected chi connectivity index (χ0v) is 12.4. The van der Waals surface area contributed by atoms with Crippen LogP contribution in [0.3, 0.4) is 0 Å². The van der Waals surface area contributed by atoms with Gasteiger partial charge in [0.2, 0.25) is 5.91 Å². The van der Waals surface area contributed by atoms with Gasteiger partial charge in [-0.2, -0.15) is 0 Å². The van der Waals surface area contributed by atoms with Crippen LogP contribution in [-0.2, 0) is 4.79 Å². The average molecular weight is 255 g/mol. The summed E-state index contributed by atoms with van der Waals surface area (Å²) < 4.78 is 0. The summed E-state index contributed by atoms with van der Waals surface area (Å²) in [6, 6.07) is 0.580. The minimum Gasteiger partial charge on any atom is -0.347 e. The third kappa shape index (κ3) is 3.95. The Bertz CT molecular complexity index is 255. The molecule has 0 aromatic carbocycles. The standard InChI is InChI=1S/C14H29N3O/c1-5-7-8-12(6-2)17-10-9-15-11-13(17)14(18)16(3)4/h12-13,15H,5-11H2,1-4H3. The van der Waals surface area contributed by atoms with Crippen LogP contribution in [0.15, 0.2) is 0 Å². The van der Waals surface area contributed by atoms with E-state index in [1.165, 1.54) is 19.3 Å². The molecule has 1 saturated heterocycles. The van der Waals surface area contributed by atoms with Gasteiger partial charge in [-0.25, -0.2) is 0 Å². The van der Waals surface area contributed by atoms with Crippen LogP contribution in [0.4, 0.5) is 0 Å². The molecule has 1 amide bonds. The van der Waals surface area contributed by atoms with Gasteiger partial charge in [-0.15, -0.1) is 0 Å². The van der Waals surface area contributed by atoms with Gasteiger partial charge in [0, 0.05) is 39.8 Å². The molecule has 0 saturated carbocycles. The lowest BCUT2D eigenvalue weighted by atomic mass is 10.0. The van der Waals surface area contributed by atoms with Gasteiger partial charge < -0.3 is 10.2 Å². The van der Waals surface area contributed by atoms with Crippen molar-refractivity contribution in [3.05, 3.63) is 0 Å². The molecule has 0 spiro atoms. The summed E-state index contributed by atoms with van der Waals surface area (Å²) in [5.74, 6) is 0.233. The molecule has 1 rings (SSSR count). The fourth-order valence-corrected chi connectivity index (χ4v) is 2.73. The smallest absolute Gasteiger partial charge is 0.240 e. The highest BCUT2D eigenvalue weighted by Crippen LogP contribution is 2.18. The summed E-state index contributed by atoms with van der Waals surface area (Å²) in [7, 11) is 3.70. The number of carbonyl (C=O) groups is 1. The lowest BCUT2D eigenvalue weighted by Crippen LogP contribution is -2.60. The number of unbranched alkanes of at least 4 members (excludes halogenated alkanes) is 1. The number of carbonyl (C=O) groups excluding carboxylic acids is 1. The predicted octanol–water partition coefficient (Wildman–Crippen LogP) is 1.32. The number of hydrogen-bond donors (Lipinski definition) is 1. The van der Waals surface area contributed by atoms with Crippen molar-refractivity contribution in [1.82, 2.24) is 15.1 Å².